The fraction of sp³-hybridized carbons (Fsp3) is 0.278. The Balaban J connectivity index is 1.87. The van der Waals surface area contributed by atoms with Crippen LogP contribution in [0.5, 0.6) is 0 Å². The van der Waals surface area contributed by atoms with E-state index in [1.807, 2.05) is 44.2 Å². The number of nitrogens with one attached hydrogen (secondary N) is 2. The highest BCUT2D eigenvalue weighted by atomic mass is 16.2. The number of anilines is 1. The molecule has 0 radical (unpaired) electrons. The first-order chi connectivity index (χ1) is 10.1. The van der Waals surface area contributed by atoms with Gasteiger partial charge in [0.15, 0.2) is 0 Å². The fourth-order valence-electron chi connectivity index (χ4n) is 2.37. The molecule has 0 saturated carbocycles. The van der Waals surface area contributed by atoms with Gasteiger partial charge in [-0.1, -0.05) is 42.5 Å². The van der Waals surface area contributed by atoms with E-state index < -0.39 is 0 Å². The van der Waals surface area contributed by atoms with Gasteiger partial charge in [0.1, 0.15) is 0 Å². The van der Waals surface area contributed by atoms with Gasteiger partial charge in [0, 0.05) is 12.2 Å². The first-order valence-corrected chi connectivity index (χ1v) is 7.23. The summed E-state index contributed by atoms with van der Waals surface area (Å²) >= 11 is 0. The van der Waals surface area contributed by atoms with Crippen LogP contribution in [-0.4, -0.2) is 12.6 Å². The molecule has 2 amide bonds. The Morgan fingerprint density at radius 1 is 0.905 bits per heavy atom. The lowest BCUT2D eigenvalue weighted by Gasteiger charge is -2.12. The van der Waals surface area contributed by atoms with Gasteiger partial charge in [0.25, 0.3) is 0 Å². The van der Waals surface area contributed by atoms with Crippen molar-refractivity contribution in [2.75, 3.05) is 11.9 Å². The number of carbonyl (C=O) groups is 1. The van der Waals surface area contributed by atoms with Crippen molar-refractivity contribution in [1.82, 2.24) is 5.32 Å². The van der Waals surface area contributed by atoms with Crippen LogP contribution in [0.25, 0.3) is 0 Å². The third-order valence-corrected chi connectivity index (χ3v) is 3.66. The molecule has 3 heteroatoms. The van der Waals surface area contributed by atoms with Crippen LogP contribution in [0.2, 0.25) is 0 Å². The number of para-hydroxylation sites is 1. The summed E-state index contributed by atoms with van der Waals surface area (Å²) in [5, 5.41) is 5.84. The van der Waals surface area contributed by atoms with Crippen molar-refractivity contribution in [3.05, 3.63) is 64.7 Å². The van der Waals surface area contributed by atoms with Crippen molar-refractivity contribution in [2.45, 2.75) is 27.2 Å². The summed E-state index contributed by atoms with van der Waals surface area (Å²) in [5.74, 6) is 0. The monoisotopic (exact) mass is 282 g/mol. The molecule has 0 atom stereocenters. The van der Waals surface area contributed by atoms with Gasteiger partial charge < -0.3 is 10.6 Å². The number of rotatable bonds is 4. The highest BCUT2D eigenvalue weighted by Gasteiger charge is 2.06. The Bertz CT molecular complexity index is 615. The number of aryl methyl sites for hydroxylation is 3. The smallest absolute Gasteiger partial charge is 0.319 e. The van der Waals surface area contributed by atoms with Crippen LogP contribution in [0, 0.1) is 20.8 Å². The van der Waals surface area contributed by atoms with Crippen LogP contribution in [0.4, 0.5) is 10.5 Å². The summed E-state index contributed by atoms with van der Waals surface area (Å²) in [7, 11) is 0. The van der Waals surface area contributed by atoms with Crippen LogP contribution in [0.1, 0.15) is 22.3 Å². The normalized spacial score (nSPS) is 10.2. The summed E-state index contributed by atoms with van der Waals surface area (Å²) in [6.45, 7) is 6.71. The zero-order valence-corrected chi connectivity index (χ0v) is 12.9. The lowest BCUT2D eigenvalue weighted by molar-refractivity contribution is 0.252. The highest BCUT2D eigenvalue weighted by molar-refractivity contribution is 5.90. The van der Waals surface area contributed by atoms with Gasteiger partial charge in [0.05, 0.1) is 0 Å². The highest BCUT2D eigenvalue weighted by Crippen LogP contribution is 2.19. The van der Waals surface area contributed by atoms with E-state index in [0.717, 1.165) is 23.2 Å². The molecule has 0 spiro atoms. The van der Waals surface area contributed by atoms with Gasteiger partial charge in [-0.3, -0.25) is 0 Å². The molecule has 2 aromatic rings. The molecular weight excluding hydrogens is 260 g/mol. The quantitative estimate of drug-likeness (QED) is 0.875. The largest absolute Gasteiger partial charge is 0.338 e. The van der Waals surface area contributed by atoms with Crippen molar-refractivity contribution in [1.29, 1.82) is 0 Å². The Morgan fingerprint density at radius 3 is 2.19 bits per heavy atom. The standard InChI is InChI=1S/C18H22N2O/c1-13-7-4-5-10-16(13)11-12-19-18(21)20-17-14(2)8-6-9-15(17)3/h4-10H,11-12H2,1-3H3,(H2,19,20,21). The van der Waals surface area contributed by atoms with Gasteiger partial charge in [-0.2, -0.15) is 0 Å². The molecule has 2 N–H and O–H groups in total. The number of carbonyl (C=O) groups excluding carboxylic acids is 1. The van der Waals surface area contributed by atoms with Gasteiger partial charge in [-0.05, 0) is 49.4 Å². The predicted octanol–water partition coefficient (Wildman–Crippen LogP) is 3.98. The number of hydrogen-bond donors (Lipinski definition) is 2. The third kappa shape index (κ3) is 4.09. The minimum Gasteiger partial charge on any atom is -0.338 e. The maximum atomic E-state index is 12.0. The van der Waals surface area contributed by atoms with Gasteiger partial charge in [0.2, 0.25) is 0 Å². The van der Waals surface area contributed by atoms with E-state index in [-0.39, 0.29) is 6.03 Å². The van der Waals surface area contributed by atoms with Gasteiger partial charge in [-0.15, -0.1) is 0 Å². The average Bonchev–Trinajstić information content (AvgIpc) is 2.45. The first kappa shape index (κ1) is 15.1. The van der Waals surface area contributed by atoms with E-state index in [2.05, 4.69) is 29.7 Å². The zero-order valence-electron chi connectivity index (χ0n) is 12.9. The van der Waals surface area contributed by atoms with E-state index in [1.54, 1.807) is 0 Å². The topological polar surface area (TPSA) is 41.1 Å². The summed E-state index contributed by atoms with van der Waals surface area (Å²) in [5.41, 5.74) is 5.57. The van der Waals surface area contributed by atoms with E-state index >= 15 is 0 Å². The van der Waals surface area contributed by atoms with Crippen LogP contribution in [0.3, 0.4) is 0 Å². The Labute approximate surface area is 126 Å². The molecule has 0 heterocycles. The fourth-order valence-corrected chi connectivity index (χ4v) is 2.37. The summed E-state index contributed by atoms with van der Waals surface area (Å²) in [6, 6.07) is 14.1. The molecule has 0 aliphatic heterocycles. The van der Waals surface area contributed by atoms with Crippen molar-refractivity contribution in [2.24, 2.45) is 0 Å². The van der Waals surface area contributed by atoms with Crippen molar-refractivity contribution in [3.63, 3.8) is 0 Å². The average molecular weight is 282 g/mol. The number of benzene rings is 2. The van der Waals surface area contributed by atoms with Gasteiger partial charge >= 0.3 is 6.03 Å². The molecule has 2 aromatic carbocycles. The van der Waals surface area contributed by atoms with Crippen LogP contribution in [-0.2, 0) is 6.42 Å². The molecule has 0 fully saturated rings. The summed E-state index contributed by atoms with van der Waals surface area (Å²) < 4.78 is 0. The molecule has 2 rings (SSSR count). The molecule has 0 saturated heterocycles. The molecule has 21 heavy (non-hydrogen) atoms. The SMILES string of the molecule is Cc1ccccc1CCNC(=O)Nc1c(C)cccc1C. The van der Waals surface area contributed by atoms with Crippen LogP contribution < -0.4 is 10.6 Å². The summed E-state index contributed by atoms with van der Waals surface area (Å²) in [4.78, 5) is 12.0. The Kier molecular flexibility index (Phi) is 4.99. The molecule has 3 nitrogen and oxygen atoms in total. The molecular formula is C18H22N2O. The lowest BCUT2D eigenvalue weighted by Crippen LogP contribution is -2.31. The maximum Gasteiger partial charge on any atom is 0.319 e. The second-order valence-electron chi connectivity index (χ2n) is 5.32. The van der Waals surface area contributed by atoms with Crippen molar-refractivity contribution in [3.8, 4) is 0 Å². The molecule has 0 unspecified atom stereocenters. The lowest BCUT2D eigenvalue weighted by atomic mass is 10.1. The molecule has 0 aliphatic rings. The van der Waals surface area contributed by atoms with E-state index in [0.29, 0.717) is 6.54 Å². The Morgan fingerprint density at radius 2 is 1.52 bits per heavy atom. The Hall–Kier alpha value is -2.29. The number of urea groups is 1. The van der Waals surface area contributed by atoms with Crippen LogP contribution in [0.15, 0.2) is 42.5 Å². The van der Waals surface area contributed by atoms with E-state index in [4.69, 9.17) is 0 Å². The van der Waals surface area contributed by atoms with Crippen LogP contribution >= 0.6 is 0 Å². The first-order valence-electron chi connectivity index (χ1n) is 7.23. The van der Waals surface area contributed by atoms with Gasteiger partial charge in [-0.25, -0.2) is 4.79 Å². The number of amides is 2. The third-order valence-electron chi connectivity index (χ3n) is 3.66. The maximum absolute atomic E-state index is 12.0. The van der Waals surface area contributed by atoms with E-state index in [1.165, 1.54) is 11.1 Å². The zero-order chi connectivity index (χ0) is 15.2. The predicted molar refractivity (Wildman–Crippen MR) is 87.8 cm³/mol. The molecule has 0 bridgehead atoms. The van der Waals surface area contributed by atoms with Crippen molar-refractivity contribution >= 4 is 11.7 Å². The van der Waals surface area contributed by atoms with Crippen molar-refractivity contribution < 1.29 is 4.79 Å². The van der Waals surface area contributed by atoms with E-state index in [9.17, 15) is 4.79 Å². The summed E-state index contributed by atoms with van der Waals surface area (Å²) in [6.07, 6.45) is 0.840. The molecule has 0 aliphatic carbocycles. The minimum atomic E-state index is -0.152. The molecule has 0 aromatic heterocycles. The number of hydrogen-bond acceptors (Lipinski definition) is 1. The minimum absolute atomic E-state index is 0.152. The second kappa shape index (κ2) is 6.93. The second-order valence-corrected chi connectivity index (χ2v) is 5.32. The molecule has 110 valence electrons.